The van der Waals surface area contributed by atoms with E-state index in [1.54, 1.807) is 0 Å². The highest BCUT2D eigenvalue weighted by Gasteiger charge is 2.23. The van der Waals surface area contributed by atoms with Crippen molar-refractivity contribution in [3.63, 3.8) is 0 Å². The maximum Gasteiger partial charge on any atom is 0.341 e. The summed E-state index contributed by atoms with van der Waals surface area (Å²) in [4.78, 5) is 10.8. The summed E-state index contributed by atoms with van der Waals surface area (Å²) in [5.74, 6) is -1.56. The van der Waals surface area contributed by atoms with Crippen molar-refractivity contribution in [1.29, 1.82) is 0 Å². The molecule has 0 spiro atoms. The van der Waals surface area contributed by atoms with Crippen LogP contribution < -0.4 is 4.72 Å². The highest BCUT2D eigenvalue weighted by molar-refractivity contribution is 7.92. The van der Waals surface area contributed by atoms with Gasteiger partial charge in [0.05, 0.1) is 6.20 Å². The molecule has 0 fully saturated rings. The van der Waals surface area contributed by atoms with Crippen LogP contribution in [0.4, 0.5) is 5.82 Å². The summed E-state index contributed by atoms with van der Waals surface area (Å²) in [5, 5.41) is 18.1. The predicted molar refractivity (Wildman–Crippen MR) is 64.6 cm³/mol. The van der Waals surface area contributed by atoms with Crippen molar-refractivity contribution in [2.75, 3.05) is 4.72 Å². The van der Waals surface area contributed by atoms with Gasteiger partial charge in [-0.05, 0) is 0 Å². The van der Waals surface area contributed by atoms with Gasteiger partial charge < -0.3 is 5.11 Å². The van der Waals surface area contributed by atoms with Gasteiger partial charge in [-0.15, -0.1) is 0 Å². The van der Waals surface area contributed by atoms with E-state index in [0.29, 0.717) is 0 Å². The molecule has 0 saturated carbocycles. The first kappa shape index (κ1) is 13.4. The number of nitrogens with one attached hydrogen (secondary N) is 2. The number of hydrogen-bond donors (Lipinski definition) is 3. The van der Waals surface area contributed by atoms with Gasteiger partial charge >= 0.3 is 5.97 Å². The van der Waals surface area contributed by atoms with Gasteiger partial charge in [0, 0.05) is 13.1 Å². The van der Waals surface area contributed by atoms with Gasteiger partial charge in [-0.2, -0.15) is 18.6 Å². The molecule has 0 aliphatic heterocycles. The first-order valence-electron chi connectivity index (χ1n) is 4.80. The van der Waals surface area contributed by atoms with Crippen molar-refractivity contribution < 1.29 is 18.3 Å². The van der Waals surface area contributed by atoms with Crippen molar-refractivity contribution >= 4 is 33.4 Å². The van der Waals surface area contributed by atoms with Crippen LogP contribution in [0.2, 0.25) is 5.15 Å². The average Bonchev–Trinajstić information content (AvgIpc) is 2.84. The minimum atomic E-state index is -4.02. The Kier molecular flexibility index (Phi) is 3.20. The van der Waals surface area contributed by atoms with Crippen molar-refractivity contribution in [2.45, 2.75) is 5.03 Å². The number of aromatic amines is 1. The summed E-state index contributed by atoms with van der Waals surface area (Å²) in [6.07, 6.45) is 0.996. The molecule has 0 radical (unpaired) electrons. The molecule has 0 atom stereocenters. The largest absolute Gasteiger partial charge is 0.477 e. The third-order valence-electron chi connectivity index (χ3n) is 2.19. The summed E-state index contributed by atoms with van der Waals surface area (Å²) >= 11 is 5.60. The second kappa shape index (κ2) is 4.55. The molecule has 19 heavy (non-hydrogen) atoms. The van der Waals surface area contributed by atoms with Crippen LogP contribution >= 0.6 is 11.6 Å². The summed E-state index contributed by atoms with van der Waals surface area (Å²) in [7, 11) is -2.62. The van der Waals surface area contributed by atoms with E-state index < -0.39 is 16.0 Å². The molecule has 9 nitrogen and oxygen atoms in total. The molecule has 0 aliphatic rings. The van der Waals surface area contributed by atoms with Gasteiger partial charge in [-0.3, -0.25) is 14.5 Å². The molecule has 0 aromatic carbocycles. The Morgan fingerprint density at radius 3 is 2.79 bits per heavy atom. The summed E-state index contributed by atoms with van der Waals surface area (Å²) in [5.41, 5.74) is -0.295. The SMILES string of the molecule is Cn1nc(Cl)cc1S(=O)(=O)Nc1[nH]ncc1C(=O)O. The number of halogens is 1. The fraction of sp³-hybridized carbons (Fsp3) is 0.125. The lowest BCUT2D eigenvalue weighted by Gasteiger charge is -2.06. The van der Waals surface area contributed by atoms with Gasteiger partial charge in [0.2, 0.25) is 0 Å². The van der Waals surface area contributed by atoms with Gasteiger partial charge in [0.15, 0.2) is 10.2 Å². The van der Waals surface area contributed by atoms with E-state index in [4.69, 9.17) is 16.7 Å². The molecule has 0 bridgehead atoms. The number of aryl methyl sites for hydroxylation is 1. The van der Waals surface area contributed by atoms with Crippen LogP contribution in [0.3, 0.4) is 0 Å². The van der Waals surface area contributed by atoms with E-state index >= 15 is 0 Å². The smallest absolute Gasteiger partial charge is 0.341 e. The second-order valence-corrected chi connectivity index (χ2v) is 5.51. The topological polar surface area (TPSA) is 130 Å². The lowest BCUT2D eigenvalue weighted by Crippen LogP contribution is -2.18. The standard InChI is InChI=1S/C8H8ClN5O4S/c1-14-6(2-5(9)12-14)19(17,18)13-7-4(8(15)16)3-10-11-7/h2-3H,1H3,(H,15,16)(H2,10,11,13). The first-order chi connectivity index (χ1) is 8.81. The number of carboxylic acid groups (broad SMARTS) is 1. The van der Waals surface area contributed by atoms with Gasteiger partial charge in [-0.25, -0.2) is 4.79 Å². The molecule has 0 aliphatic carbocycles. The van der Waals surface area contributed by atoms with Crippen LogP contribution in [-0.2, 0) is 17.1 Å². The Morgan fingerprint density at radius 2 is 2.26 bits per heavy atom. The molecule has 102 valence electrons. The van der Waals surface area contributed by atoms with Crippen LogP contribution in [0.5, 0.6) is 0 Å². The molecular weight excluding hydrogens is 298 g/mol. The fourth-order valence-electron chi connectivity index (χ4n) is 1.38. The van der Waals surface area contributed by atoms with Crippen molar-refractivity contribution in [1.82, 2.24) is 20.0 Å². The zero-order valence-corrected chi connectivity index (χ0v) is 11.0. The molecular formula is C8H8ClN5O4S. The van der Waals surface area contributed by atoms with Crippen LogP contribution in [-0.4, -0.2) is 39.5 Å². The predicted octanol–water partition coefficient (Wildman–Crippen LogP) is 0.296. The zero-order valence-electron chi connectivity index (χ0n) is 9.45. The Labute approximate surface area is 112 Å². The van der Waals surface area contributed by atoms with E-state index in [9.17, 15) is 13.2 Å². The van der Waals surface area contributed by atoms with Gasteiger partial charge in [0.25, 0.3) is 10.0 Å². The van der Waals surface area contributed by atoms with Crippen molar-refractivity contribution in [2.24, 2.45) is 7.05 Å². The number of nitrogens with zero attached hydrogens (tertiary/aromatic N) is 3. The third-order valence-corrected chi connectivity index (χ3v) is 3.78. The molecule has 0 amide bonds. The molecule has 2 aromatic heterocycles. The number of anilines is 1. The van der Waals surface area contributed by atoms with Gasteiger partial charge in [-0.1, -0.05) is 11.6 Å². The number of H-pyrrole nitrogens is 1. The number of aromatic carboxylic acids is 1. The van der Waals surface area contributed by atoms with Crippen LogP contribution in [0, 0.1) is 0 Å². The molecule has 2 heterocycles. The number of carboxylic acids is 1. The van der Waals surface area contributed by atoms with Crippen molar-refractivity contribution in [3.8, 4) is 0 Å². The molecule has 2 rings (SSSR count). The Balaban J connectivity index is 2.39. The minimum Gasteiger partial charge on any atom is -0.477 e. The molecule has 0 saturated heterocycles. The number of rotatable bonds is 4. The molecule has 3 N–H and O–H groups in total. The van der Waals surface area contributed by atoms with Crippen LogP contribution in [0.25, 0.3) is 0 Å². The number of hydrogen-bond acceptors (Lipinski definition) is 5. The lowest BCUT2D eigenvalue weighted by atomic mass is 10.3. The fourth-order valence-corrected chi connectivity index (χ4v) is 2.85. The van der Waals surface area contributed by atoms with Gasteiger partial charge in [0.1, 0.15) is 11.4 Å². The first-order valence-corrected chi connectivity index (χ1v) is 6.66. The molecule has 11 heteroatoms. The number of carbonyl (C=O) groups is 1. The van der Waals surface area contributed by atoms with E-state index in [1.807, 2.05) is 0 Å². The summed E-state index contributed by atoms with van der Waals surface area (Å²) in [6, 6.07) is 1.14. The summed E-state index contributed by atoms with van der Waals surface area (Å²) in [6.45, 7) is 0. The Bertz CT molecular complexity index is 734. The van der Waals surface area contributed by atoms with Crippen molar-refractivity contribution in [3.05, 3.63) is 23.0 Å². The minimum absolute atomic E-state index is 0.00550. The molecule has 0 unspecified atom stereocenters. The highest BCUT2D eigenvalue weighted by Crippen LogP contribution is 2.19. The monoisotopic (exact) mass is 305 g/mol. The molecule has 2 aromatic rings. The summed E-state index contributed by atoms with van der Waals surface area (Å²) < 4.78 is 27.2. The third kappa shape index (κ3) is 2.53. The maximum absolute atomic E-state index is 12.0. The van der Waals surface area contributed by atoms with E-state index in [2.05, 4.69) is 20.0 Å². The van der Waals surface area contributed by atoms with E-state index in [-0.39, 0.29) is 21.6 Å². The Morgan fingerprint density at radius 1 is 1.58 bits per heavy atom. The lowest BCUT2D eigenvalue weighted by molar-refractivity contribution is 0.0698. The highest BCUT2D eigenvalue weighted by atomic mass is 35.5. The second-order valence-electron chi connectivity index (χ2n) is 3.50. The Hall–Kier alpha value is -2.07. The number of sulfonamides is 1. The van der Waals surface area contributed by atoms with E-state index in [0.717, 1.165) is 16.9 Å². The number of aromatic nitrogens is 4. The van der Waals surface area contributed by atoms with Crippen LogP contribution in [0.1, 0.15) is 10.4 Å². The average molecular weight is 306 g/mol. The normalized spacial score (nSPS) is 11.5. The quantitative estimate of drug-likeness (QED) is 0.744. The van der Waals surface area contributed by atoms with Crippen LogP contribution in [0.15, 0.2) is 17.3 Å². The zero-order chi connectivity index (χ0) is 14.2. The maximum atomic E-state index is 12.0. The van der Waals surface area contributed by atoms with E-state index in [1.165, 1.54) is 7.05 Å².